The second-order valence-corrected chi connectivity index (χ2v) is 10.4. The van der Waals surface area contributed by atoms with E-state index in [4.69, 9.17) is 23.2 Å². The van der Waals surface area contributed by atoms with Crippen molar-refractivity contribution >= 4 is 46.5 Å². The molecule has 2 N–H and O–H groups in total. The van der Waals surface area contributed by atoms with Crippen molar-refractivity contribution in [1.82, 2.24) is 5.32 Å². The lowest BCUT2D eigenvalue weighted by molar-refractivity contribution is -0.130. The van der Waals surface area contributed by atoms with Crippen molar-refractivity contribution in [3.05, 3.63) is 28.8 Å². The van der Waals surface area contributed by atoms with Gasteiger partial charge in [-0.05, 0) is 24.6 Å². The lowest BCUT2D eigenvalue weighted by Gasteiger charge is -2.20. The van der Waals surface area contributed by atoms with E-state index in [0.29, 0.717) is 12.1 Å². The van der Waals surface area contributed by atoms with Crippen molar-refractivity contribution in [1.29, 1.82) is 0 Å². The van der Waals surface area contributed by atoms with Crippen molar-refractivity contribution in [2.24, 2.45) is 5.41 Å². The van der Waals surface area contributed by atoms with Crippen LogP contribution in [-0.2, 0) is 9.59 Å². The molecule has 1 rings (SSSR count). The predicted molar refractivity (Wildman–Crippen MR) is 138 cm³/mol. The van der Waals surface area contributed by atoms with E-state index in [-0.39, 0.29) is 22.4 Å². The van der Waals surface area contributed by atoms with E-state index < -0.39 is 16.7 Å². The second-order valence-electron chi connectivity index (χ2n) is 9.60. The molecule has 1 unspecified atom stereocenters. The number of carbonyl (C=O) groups excluding carboxylic acids is 3. The van der Waals surface area contributed by atoms with Crippen LogP contribution < -0.4 is 10.6 Å². The van der Waals surface area contributed by atoms with Crippen molar-refractivity contribution in [3.8, 4) is 0 Å². The molecule has 33 heavy (non-hydrogen) atoms. The molecular formula is C26H40Cl2N2O3. The van der Waals surface area contributed by atoms with Gasteiger partial charge in [0.1, 0.15) is 0 Å². The average molecular weight is 500 g/mol. The molecule has 0 heterocycles. The molecule has 0 aromatic heterocycles. The first-order valence-corrected chi connectivity index (χ1v) is 13.0. The smallest absolute Gasteiger partial charge is 0.251 e. The van der Waals surface area contributed by atoms with Gasteiger partial charge in [-0.15, -0.1) is 11.6 Å². The number of ketones is 1. The first-order chi connectivity index (χ1) is 15.6. The quantitative estimate of drug-likeness (QED) is 0.153. The minimum Gasteiger partial charge on any atom is -0.352 e. The van der Waals surface area contributed by atoms with Crippen LogP contribution in [0.15, 0.2) is 18.2 Å². The van der Waals surface area contributed by atoms with Crippen LogP contribution in [0.5, 0.6) is 0 Å². The summed E-state index contributed by atoms with van der Waals surface area (Å²) in [6, 6.07) is 4.64. The number of hydrogen-bond donors (Lipinski definition) is 2. The van der Waals surface area contributed by atoms with Gasteiger partial charge in [-0.25, -0.2) is 0 Å². The minimum atomic E-state index is -1.34. The molecular weight excluding hydrogens is 459 g/mol. The van der Waals surface area contributed by atoms with E-state index >= 15 is 0 Å². The monoisotopic (exact) mass is 498 g/mol. The van der Waals surface area contributed by atoms with Gasteiger partial charge in [0.2, 0.25) is 5.91 Å². The highest BCUT2D eigenvalue weighted by atomic mass is 35.5. The molecule has 0 spiro atoms. The van der Waals surface area contributed by atoms with Gasteiger partial charge in [-0.3, -0.25) is 14.4 Å². The number of benzene rings is 1. The maximum absolute atomic E-state index is 12.5. The molecule has 7 heteroatoms. The Bertz CT molecular complexity index is 775. The molecule has 186 valence electrons. The highest BCUT2D eigenvalue weighted by molar-refractivity contribution is 6.44. The SMILES string of the molecule is CCCCCCCCCCCCNC(=O)c1ccc(Cl)c(NC(=O)C(Cl)C(=O)C(C)(C)C)c1. The van der Waals surface area contributed by atoms with E-state index in [2.05, 4.69) is 17.6 Å². The Balaban J connectivity index is 2.42. The van der Waals surface area contributed by atoms with Crippen molar-refractivity contribution in [2.45, 2.75) is 97.3 Å². The van der Waals surface area contributed by atoms with Gasteiger partial charge in [0.15, 0.2) is 11.2 Å². The molecule has 0 saturated heterocycles. The molecule has 0 aliphatic rings. The average Bonchev–Trinajstić information content (AvgIpc) is 2.77. The van der Waals surface area contributed by atoms with Gasteiger partial charge in [-0.1, -0.05) is 97.1 Å². The Morgan fingerprint density at radius 1 is 0.909 bits per heavy atom. The number of amides is 2. The first kappa shape index (κ1) is 29.4. The number of carbonyl (C=O) groups is 3. The number of nitrogens with one attached hydrogen (secondary N) is 2. The molecule has 0 fully saturated rings. The first-order valence-electron chi connectivity index (χ1n) is 12.1. The summed E-state index contributed by atoms with van der Waals surface area (Å²) in [4.78, 5) is 37.1. The number of hydrogen-bond acceptors (Lipinski definition) is 3. The molecule has 0 bridgehead atoms. The minimum absolute atomic E-state index is 0.230. The van der Waals surface area contributed by atoms with Gasteiger partial charge in [0, 0.05) is 17.5 Å². The van der Waals surface area contributed by atoms with Crippen molar-refractivity contribution in [2.75, 3.05) is 11.9 Å². The van der Waals surface area contributed by atoms with Crippen LogP contribution in [0.1, 0.15) is 102 Å². The van der Waals surface area contributed by atoms with E-state index in [1.54, 1.807) is 32.9 Å². The number of alkyl halides is 1. The Hall–Kier alpha value is -1.59. The maximum Gasteiger partial charge on any atom is 0.251 e. The second kappa shape index (κ2) is 15.3. The zero-order chi connectivity index (χ0) is 24.9. The van der Waals surface area contributed by atoms with Crippen LogP contribution in [0.2, 0.25) is 5.02 Å². The molecule has 1 aromatic rings. The van der Waals surface area contributed by atoms with E-state index in [1.807, 2.05) is 0 Å². The van der Waals surface area contributed by atoms with Crippen LogP contribution in [0, 0.1) is 5.41 Å². The summed E-state index contributed by atoms with van der Waals surface area (Å²) in [5.41, 5.74) is -0.111. The van der Waals surface area contributed by atoms with E-state index in [9.17, 15) is 14.4 Å². The molecule has 5 nitrogen and oxygen atoms in total. The zero-order valence-corrected chi connectivity index (χ0v) is 22.1. The van der Waals surface area contributed by atoms with Crippen LogP contribution in [-0.4, -0.2) is 29.5 Å². The van der Waals surface area contributed by atoms with E-state index in [0.717, 1.165) is 12.8 Å². The van der Waals surface area contributed by atoms with Gasteiger partial charge in [0.25, 0.3) is 5.91 Å². The summed E-state index contributed by atoms with van der Waals surface area (Å²) in [5, 5.41) is 4.40. The lowest BCUT2D eigenvalue weighted by Crippen LogP contribution is -2.37. The number of Topliss-reactive ketones (excluding diaryl/α,β-unsaturated/α-hetero) is 1. The summed E-state index contributed by atoms with van der Waals surface area (Å²) in [6.45, 7) is 7.93. The Morgan fingerprint density at radius 3 is 2.00 bits per heavy atom. The summed E-state index contributed by atoms with van der Waals surface area (Å²) in [6.07, 6.45) is 12.4. The fourth-order valence-corrected chi connectivity index (χ4v) is 3.92. The largest absolute Gasteiger partial charge is 0.352 e. The Morgan fingerprint density at radius 2 is 1.45 bits per heavy atom. The fraction of sp³-hybridized carbons (Fsp3) is 0.654. The van der Waals surface area contributed by atoms with Crippen LogP contribution in [0.3, 0.4) is 0 Å². The molecule has 0 saturated carbocycles. The van der Waals surface area contributed by atoms with Crippen molar-refractivity contribution < 1.29 is 14.4 Å². The number of unbranched alkanes of at least 4 members (excludes halogenated alkanes) is 9. The maximum atomic E-state index is 12.5. The standard InChI is InChI=1S/C26H40Cl2N2O3/c1-5-6-7-8-9-10-11-12-13-14-17-29-24(32)19-15-16-20(27)21(18-19)30-25(33)22(28)23(31)26(2,3)4/h15-16,18,22H,5-14,17H2,1-4H3,(H,29,32)(H,30,33). The Labute approximate surface area is 209 Å². The third-order valence-electron chi connectivity index (χ3n) is 5.50. The third kappa shape index (κ3) is 11.4. The summed E-state index contributed by atoms with van der Waals surface area (Å²) in [7, 11) is 0. The summed E-state index contributed by atoms with van der Waals surface area (Å²) >= 11 is 12.2. The summed E-state index contributed by atoms with van der Waals surface area (Å²) in [5.74, 6) is -1.28. The van der Waals surface area contributed by atoms with Crippen LogP contribution >= 0.6 is 23.2 Å². The van der Waals surface area contributed by atoms with E-state index in [1.165, 1.54) is 57.4 Å². The molecule has 0 aliphatic heterocycles. The van der Waals surface area contributed by atoms with Gasteiger partial charge < -0.3 is 10.6 Å². The summed E-state index contributed by atoms with van der Waals surface area (Å²) < 4.78 is 0. The number of anilines is 1. The highest BCUT2D eigenvalue weighted by Gasteiger charge is 2.33. The topological polar surface area (TPSA) is 75.3 Å². The molecule has 0 radical (unpaired) electrons. The Kier molecular flexibility index (Phi) is 13.7. The van der Waals surface area contributed by atoms with Crippen molar-refractivity contribution in [3.63, 3.8) is 0 Å². The fourth-order valence-electron chi connectivity index (χ4n) is 3.37. The van der Waals surface area contributed by atoms with Gasteiger partial charge in [0.05, 0.1) is 10.7 Å². The van der Waals surface area contributed by atoms with Gasteiger partial charge >= 0.3 is 0 Å². The number of halogens is 2. The predicted octanol–water partition coefficient (Wildman–Crippen LogP) is 7.15. The molecule has 2 amide bonds. The molecule has 1 atom stereocenters. The van der Waals surface area contributed by atoms with Crippen LogP contribution in [0.25, 0.3) is 0 Å². The number of rotatable bonds is 15. The third-order valence-corrected chi connectivity index (χ3v) is 6.23. The molecule has 0 aliphatic carbocycles. The van der Waals surface area contributed by atoms with Crippen LogP contribution in [0.4, 0.5) is 5.69 Å². The highest BCUT2D eigenvalue weighted by Crippen LogP contribution is 2.25. The molecule has 1 aromatic carbocycles. The zero-order valence-electron chi connectivity index (χ0n) is 20.6. The normalized spacial score (nSPS) is 12.3. The lowest BCUT2D eigenvalue weighted by atomic mass is 9.88. The van der Waals surface area contributed by atoms with Gasteiger partial charge in [-0.2, -0.15) is 0 Å².